The number of primary amides is 1. The Bertz CT molecular complexity index is 960. The quantitative estimate of drug-likeness (QED) is 0.0563. The van der Waals surface area contributed by atoms with Crippen LogP contribution in [0.4, 0.5) is 0 Å². The van der Waals surface area contributed by atoms with Gasteiger partial charge in [-0.3, -0.25) is 24.0 Å². The first kappa shape index (κ1) is 36.4. The molecule has 0 fully saturated rings. The number of nitrogens with two attached hydrogens (primary N) is 5. The molecule has 0 bridgehead atoms. The number of H-pyrrole nitrogens is 1. The van der Waals surface area contributed by atoms with Crippen molar-refractivity contribution < 1.29 is 24.0 Å². The lowest BCUT2D eigenvalue weighted by Gasteiger charge is -2.23. The van der Waals surface area contributed by atoms with Crippen LogP contribution in [0.15, 0.2) is 12.5 Å². The molecule has 1 aromatic rings. The number of hydrogen-bond acceptors (Lipinski definition) is 10. The summed E-state index contributed by atoms with van der Waals surface area (Å²) < 4.78 is 0. The van der Waals surface area contributed by atoms with Gasteiger partial charge < -0.3 is 54.9 Å². The van der Waals surface area contributed by atoms with Gasteiger partial charge in [0.05, 0.1) is 18.9 Å². The highest BCUT2D eigenvalue weighted by atomic mass is 16.2. The number of aromatic amines is 1. The Balaban J connectivity index is 2.83. The van der Waals surface area contributed by atoms with Gasteiger partial charge in [0.2, 0.25) is 29.5 Å². The molecule has 42 heavy (non-hydrogen) atoms. The number of unbranched alkanes of at least 4 members (excludes halogenated alkanes) is 3. The number of carbonyl (C=O) groups is 5. The second-order valence-electron chi connectivity index (χ2n) is 10.1. The van der Waals surface area contributed by atoms with Gasteiger partial charge in [-0.2, -0.15) is 0 Å². The molecule has 0 radical (unpaired) electrons. The monoisotopic (exact) mass is 595 g/mol. The van der Waals surface area contributed by atoms with E-state index in [1.54, 1.807) is 0 Å². The van der Waals surface area contributed by atoms with Crippen molar-refractivity contribution in [3.8, 4) is 0 Å². The zero-order chi connectivity index (χ0) is 31.3. The molecule has 0 aliphatic heterocycles. The van der Waals surface area contributed by atoms with E-state index in [2.05, 4.69) is 31.2 Å². The first-order valence-corrected chi connectivity index (χ1v) is 14.4. The highest BCUT2D eigenvalue weighted by Gasteiger charge is 2.27. The summed E-state index contributed by atoms with van der Waals surface area (Å²) in [6.07, 6.45) is 7.84. The summed E-state index contributed by atoms with van der Waals surface area (Å²) in [5, 5.41) is 10.3. The molecule has 238 valence electrons. The molecule has 0 spiro atoms. The van der Waals surface area contributed by atoms with Crippen LogP contribution in [0, 0.1) is 0 Å². The van der Waals surface area contributed by atoms with Crippen molar-refractivity contribution in [1.29, 1.82) is 0 Å². The maximum Gasteiger partial charge on any atom is 0.243 e. The Kier molecular flexibility index (Phi) is 18.3. The standard InChI is InChI=1S/C26H49N11O5/c27-10-4-1-7-18(30)24(40)37-20(9-3-6-12-29)25(41)33-15-22(38)35-21(13-17-14-32-16-34-17)26(42)36-19(23(31)39)8-2-5-11-28/h14,16,18-21H,1-13,15,27-30H2,(H2,31,39)(H,32,34)(H,33,41)(H,35,38)(H,36,42)(H,37,40)/t18-,19-,20-,21-/m0/s1. The molecule has 0 saturated carbocycles. The number of nitrogens with one attached hydrogen (secondary N) is 5. The summed E-state index contributed by atoms with van der Waals surface area (Å²) in [4.78, 5) is 70.1. The van der Waals surface area contributed by atoms with E-state index in [9.17, 15) is 24.0 Å². The van der Waals surface area contributed by atoms with Crippen LogP contribution in [0.5, 0.6) is 0 Å². The van der Waals surface area contributed by atoms with Crippen LogP contribution in [0.2, 0.25) is 0 Å². The van der Waals surface area contributed by atoms with Crippen LogP contribution >= 0.6 is 0 Å². The summed E-state index contributed by atoms with van der Waals surface area (Å²) >= 11 is 0. The van der Waals surface area contributed by atoms with Crippen molar-refractivity contribution in [2.45, 2.75) is 88.4 Å². The van der Waals surface area contributed by atoms with E-state index in [1.807, 2.05) is 0 Å². The molecule has 1 heterocycles. The first-order chi connectivity index (χ1) is 20.1. The fraction of sp³-hybridized carbons (Fsp3) is 0.692. The fourth-order valence-corrected chi connectivity index (χ4v) is 4.09. The van der Waals surface area contributed by atoms with Gasteiger partial charge in [0.25, 0.3) is 0 Å². The first-order valence-electron chi connectivity index (χ1n) is 14.4. The summed E-state index contributed by atoms with van der Waals surface area (Å²) in [5.74, 6) is -3.05. The average Bonchev–Trinajstić information content (AvgIpc) is 3.47. The number of rotatable bonds is 23. The molecule has 0 aromatic carbocycles. The van der Waals surface area contributed by atoms with Crippen molar-refractivity contribution >= 4 is 29.5 Å². The van der Waals surface area contributed by atoms with Crippen LogP contribution in [0.1, 0.15) is 63.5 Å². The van der Waals surface area contributed by atoms with E-state index in [0.29, 0.717) is 76.7 Å². The Labute approximate surface area is 246 Å². The molecular formula is C26H49N11O5. The Morgan fingerprint density at radius 2 is 1.31 bits per heavy atom. The molecular weight excluding hydrogens is 546 g/mol. The van der Waals surface area contributed by atoms with E-state index < -0.39 is 60.2 Å². The van der Waals surface area contributed by atoms with Crippen molar-refractivity contribution in [2.24, 2.45) is 28.7 Å². The van der Waals surface area contributed by atoms with E-state index >= 15 is 0 Å². The van der Waals surface area contributed by atoms with Gasteiger partial charge in [0.15, 0.2) is 0 Å². The number of amides is 5. The molecule has 0 unspecified atom stereocenters. The molecule has 4 atom stereocenters. The third kappa shape index (κ3) is 14.9. The molecule has 0 saturated heterocycles. The van der Waals surface area contributed by atoms with Gasteiger partial charge in [-0.05, 0) is 71.0 Å². The van der Waals surface area contributed by atoms with E-state index in [0.717, 1.165) is 6.42 Å². The zero-order valence-corrected chi connectivity index (χ0v) is 24.2. The lowest BCUT2D eigenvalue weighted by Crippen LogP contribution is -2.56. The summed E-state index contributed by atoms with van der Waals surface area (Å²) in [5.41, 5.74) is 28.5. The van der Waals surface area contributed by atoms with E-state index in [-0.39, 0.29) is 6.42 Å². The van der Waals surface area contributed by atoms with Gasteiger partial charge in [0.1, 0.15) is 18.1 Å². The second-order valence-corrected chi connectivity index (χ2v) is 10.1. The summed E-state index contributed by atoms with van der Waals surface area (Å²) in [6.45, 7) is 0.883. The fourth-order valence-electron chi connectivity index (χ4n) is 4.09. The molecule has 16 heteroatoms. The lowest BCUT2D eigenvalue weighted by atomic mass is 10.1. The van der Waals surface area contributed by atoms with Crippen LogP contribution in [0.25, 0.3) is 0 Å². The Morgan fingerprint density at radius 1 is 0.738 bits per heavy atom. The number of aromatic nitrogens is 2. The Morgan fingerprint density at radius 3 is 1.86 bits per heavy atom. The van der Waals surface area contributed by atoms with E-state index in [1.165, 1.54) is 12.5 Å². The number of hydrogen-bond donors (Lipinski definition) is 10. The Hall–Kier alpha value is -3.60. The highest BCUT2D eigenvalue weighted by Crippen LogP contribution is 2.05. The highest BCUT2D eigenvalue weighted by molar-refractivity contribution is 5.94. The second kappa shape index (κ2) is 21.2. The largest absolute Gasteiger partial charge is 0.368 e. The number of imidazole rings is 1. The van der Waals surface area contributed by atoms with Gasteiger partial charge >= 0.3 is 0 Å². The molecule has 1 rings (SSSR count). The molecule has 5 amide bonds. The number of carbonyl (C=O) groups excluding carboxylic acids is 5. The molecule has 15 N–H and O–H groups in total. The van der Waals surface area contributed by atoms with Crippen molar-refractivity contribution in [3.63, 3.8) is 0 Å². The maximum atomic E-state index is 13.1. The van der Waals surface area contributed by atoms with Gasteiger partial charge in [-0.15, -0.1) is 0 Å². The van der Waals surface area contributed by atoms with Crippen molar-refractivity contribution in [1.82, 2.24) is 31.2 Å². The minimum Gasteiger partial charge on any atom is -0.368 e. The van der Waals surface area contributed by atoms with Crippen molar-refractivity contribution in [2.75, 3.05) is 26.2 Å². The van der Waals surface area contributed by atoms with Crippen LogP contribution < -0.4 is 49.9 Å². The summed E-state index contributed by atoms with van der Waals surface area (Å²) in [7, 11) is 0. The topological polar surface area (TPSA) is 292 Å². The molecule has 0 aliphatic carbocycles. The number of nitrogens with zero attached hydrogens (tertiary/aromatic N) is 1. The van der Waals surface area contributed by atoms with Crippen LogP contribution in [0.3, 0.4) is 0 Å². The maximum absolute atomic E-state index is 13.1. The van der Waals surface area contributed by atoms with Crippen molar-refractivity contribution in [3.05, 3.63) is 18.2 Å². The predicted molar refractivity (Wildman–Crippen MR) is 157 cm³/mol. The third-order valence-corrected chi connectivity index (χ3v) is 6.55. The third-order valence-electron chi connectivity index (χ3n) is 6.55. The van der Waals surface area contributed by atoms with Crippen LogP contribution in [-0.2, 0) is 30.4 Å². The summed E-state index contributed by atoms with van der Waals surface area (Å²) in [6, 6.07) is -3.76. The van der Waals surface area contributed by atoms with Crippen LogP contribution in [-0.4, -0.2) is 89.9 Å². The van der Waals surface area contributed by atoms with Gasteiger partial charge in [-0.1, -0.05) is 6.42 Å². The zero-order valence-electron chi connectivity index (χ0n) is 24.2. The molecule has 16 nitrogen and oxygen atoms in total. The lowest BCUT2D eigenvalue weighted by molar-refractivity contribution is -0.132. The molecule has 0 aliphatic rings. The van der Waals surface area contributed by atoms with E-state index in [4.69, 9.17) is 28.7 Å². The minimum absolute atomic E-state index is 0.0413. The predicted octanol–water partition coefficient (Wildman–Crippen LogP) is -3.28. The normalized spacial score (nSPS) is 13.8. The minimum atomic E-state index is -1.10. The van der Waals surface area contributed by atoms with Gasteiger partial charge in [-0.25, -0.2) is 4.98 Å². The van der Waals surface area contributed by atoms with Gasteiger partial charge in [0, 0.05) is 18.3 Å². The smallest absolute Gasteiger partial charge is 0.243 e. The SMILES string of the molecule is NCCCC[C@H](NC(=O)[C@H](Cc1cnc[nH]1)NC(=O)CNC(=O)[C@H](CCCCN)NC(=O)[C@@H](N)CCCCN)C(N)=O. The average molecular weight is 596 g/mol. The molecule has 1 aromatic heterocycles.